The zero-order valence-corrected chi connectivity index (χ0v) is 21.0. The second-order valence-electron chi connectivity index (χ2n) is 10.2. The van der Waals surface area contributed by atoms with Crippen LogP contribution in [0.3, 0.4) is 0 Å². The minimum absolute atomic E-state index is 0.0128. The maximum absolute atomic E-state index is 13.8. The van der Waals surface area contributed by atoms with Gasteiger partial charge in [-0.3, -0.25) is 14.5 Å². The maximum Gasteiger partial charge on any atom is 0.337 e. The van der Waals surface area contributed by atoms with E-state index in [4.69, 9.17) is 4.74 Å². The predicted octanol–water partition coefficient (Wildman–Crippen LogP) is 6.20. The van der Waals surface area contributed by atoms with Crippen LogP contribution < -0.4 is 10.2 Å². The van der Waals surface area contributed by atoms with Gasteiger partial charge in [-0.1, -0.05) is 57.9 Å². The van der Waals surface area contributed by atoms with E-state index in [0.717, 1.165) is 41.9 Å². The quantitative estimate of drug-likeness (QED) is 0.399. The molecule has 1 atom stereocenters. The molecule has 2 aliphatic rings. The highest BCUT2D eigenvalue weighted by atomic mass is 16.5. The third-order valence-electron chi connectivity index (χ3n) is 6.81. The van der Waals surface area contributed by atoms with Crippen molar-refractivity contribution >= 4 is 29.0 Å². The Hall–Kier alpha value is -3.41. The maximum atomic E-state index is 13.8. The van der Waals surface area contributed by atoms with Gasteiger partial charge in [0.1, 0.15) is 0 Å². The van der Waals surface area contributed by atoms with Crippen molar-refractivity contribution in [1.82, 2.24) is 0 Å². The summed E-state index contributed by atoms with van der Waals surface area (Å²) >= 11 is 0. The van der Waals surface area contributed by atoms with Gasteiger partial charge in [-0.2, -0.15) is 0 Å². The van der Waals surface area contributed by atoms with E-state index in [1.54, 1.807) is 17.0 Å². The number of esters is 1. The van der Waals surface area contributed by atoms with Gasteiger partial charge in [0, 0.05) is 24.1 Å². The summed E-state index contributed by atoms with van der Waals surface area (Å²) in [5.74, 6) is -0.390. The molecule has 0 bridgehead atoms. The summed E-state index contributed by atoms with van der Waals surface area (Å²) in [7, 11) is 1.35. The van der Waals surface area contributed by atoms with Crippen LogP contribution in [0.2, 0.25) is 0 Å². The third kappa shape index (κ3) is 5.02. The van der Waals surface area contributed by atoms with Crippen LogP contribution in [0.1, 0.15) is 81.3 Å². The Morgan fingerprint density at radius 3 is 2.46 bits per heavy atom. The second kappa shape index (κ2) is 10.1. The van der Waals surface area contributed by atoms with Gasteiger partial charge in [0.2, 0.25) is 5.91 Å². The summed E-state index contributed by atoms with van der Waals surface area (Å²) in [6.45, 7) is 6.31. The highest BCUT2D eigenvalue weighted by Crippen LogP contribution is 2.48. The lowest BCUT2D eigenvalue weighted by Crippen LogP contribution is -2.39. The number of hydrogen-bond acceptors (Lipinski definition) is 5. The van der Waals surface area contributed by atoms with E-state index < -0.39 is 12.0 Å². The SMILES string of the molecule is CCCCCC(=O)N1c2ccccc2NC2=C(C(=O)CC(C)(C)C2)[C@H]1c1ccc(C(=O)OC)cc1. The van der Waals surface area contributed by atoms with Gasteiger partial charge in [-0.15, -0.1) is 0 Å². The molecule has 6 nitrogen and oxygen atoms in total. The summed E-state index contributed by atoms with van der Waals surface area (Å²) in [5, 5.41) is 3.53. The fourth-order valence-electron chi connectivity index (χ4n) is 5.14. The molecule has 1 aliphatic heterocycles. The van der Waals surface area contributed by atoms with E-state index in [0.29, 0.717) is 30.4 Å². The van der Waals surface area contributed by atoms with E-state index in [-0.39, 0.29) is 17.1 Å². The number of nitrogens with one attached hydrogen (secondary N) is 1. The average Bonchev–Trinajstić information content (AvgIpc) is 2.97. The van der Waals surface area contributed by atoms with Crippen molar-refractivity contribution in [3.8, 4) is 0 Å². The number of amides is 1. The molecule has 1 N–H and O–H groups in total. The Balaban J connectivity index is 1.90. The number of allylic oxidation sites excluding steroid dienone is 1. The Kier molecular flexibility index (Phi) is 7.10. The minimum Gasteiger partial charge on any atom is -0.465 e. The van der Waals surface area contributed by atoms with Crippen molar-refractivity contribution in [2.45, 2.75) is 65.3 Å². The van der Waals surface area contributed by atoms with Crippen LogP contribution in [0.5, 0.6) is 0 Å². The largest absolute Gasteiger partial charge is 0.465 e. The summed E-state index contributed by atoms with van der Waals surface area (Å²) in [5.41, 5.74) is 4.12. The number of benzene rings is 2. The lowest BCUT2D eigenvalue weighted by Gasteiger charge is -2.37. The number of rotatable bonds is 6. The zero-order valence-electron chi connectivity index (χ0n) is 21.0. The Labute approximate surface area is 207 Å². The number of ketones is 1. The van der Waals surface area contributed by atoms with Gasteiger partial charge >= 0.3 is 5.97 Å². The molecule has 2 aromatic carbocycles. The number of ether oxygens (including phenoxy) is 1. The normalized spacial score (nSPS) is 18.8. The van der Waals surface area contributed by atoms with Crippen LogP contribution in [-0.2, 0) is 14.3 Å². The van der Waals surface area contributed by atoms with E-state index in [1.807, 2.05) is 36.4 Å². The molecule has 184 valence electrons. The van der Waals surface area contributed by atoms with E-state index in [2.05, 4.69) is 26.1 Å². The number of nitrogens with zero attached hydrogens (tertiary/aromatic N) is 1. The number of anilines is 2. The number of fused-ring (bicyclic) bond motifs is 1. The first-order valence-corrected chi connectivity index (χ1v) is 12.4. The molecule has 6 heteroatoms. The monoisotopic (exact) mass is 474 g/mol. The van der Waals surface area contributed by atoms with Crippen LogP contribution >= 0.6 is 0 Å². The van der Waals surface area contributed by atoms with Gasteiger partial charge in [0.05, 0.1) is 30.1 Å². The van der Waals surface area contributed by atoms with Crippen molar-refractivity contribution in [3.63, 3.8) is 0 Å². The van der Waals surface area contributed by atoms with Crippen LogP contribution in [0.15, 0.2) is 59.8 Å². The van der Waals surface area contributed by atoms with Crippen LogP contribution in [0.4, 0.5) is 11.4 Å². The Bertz CT molecular complexity index is 1160. The number of methoxy groups -OCH3 is 1. The molecule has 0 unspecified atom stereocenters. The number of hydrogen-bond donors (Lipinski definition) is 1. The van der Waals surface area contributed by atoms with Gasteiger partial charge in [0.15, 0.2) is 5.78 Å². The molecule has 0 saturated carbocycles. The van der Waals surface area contributed by atoms with Crippen molar-refractivity contribution < 1.29 is 19.1 Å². The van der Waals surface area contributed by atoms with E-state index >= 15 is 0 Å². The minimum atomic E-state index is -0.578. The average molecular weight is 475 g/mol. The lowest BCUT2D eigenvalue weighted by atomic mass is 9.73. The summed E-state index contributed by atoms with van der Waals surface area (Å²) in [4.78, 5) is 41.3. The van der Waals surface area contributed by atoms with Gasteiger partial charge < -0.3 is 10.1 Å². The molecule has 0 aromatic heterocycles. The summed E-state index contributed by atoms with van der Waals surface area (Å²) < 4.78 is 4.85. The molecule has 1 aliphatic carbocycles. The zero-order chi connectivity index (χ0) is 25.2. The molecule has 35 heavy (non-hydrogen) atoms. The molecule has 0 radical (unpaired) electrons. The van der Waals surface area contributed by atoms with E-state index in [1.165, 1.54) is 7.11 Å². The van der Waals surface area contributed by atoms with Crippen molar-refractivity contribution in [3.05, 3.63) is 70.9 Å². The summed E-state index contributed by atoms with van der Waals surface area (Å²) in [6.07, 6.45) is 4.31. The lowest BCUT2D eigenvalue weighted by molar-refractivity contribution is -0.119. The Morgan fingerprint density at radius 2 is 1.77 bits per heavy atom. The summed E-state index contributed by atoms with van der Waals surface area (Å²) in [6, 6.07) is 14.2. The standard InChI is InChI=1S/C29H34N2O4/c1-5-6-7-12-25(33)31-23-11-9-8-10-21(23)30-22-17-29(2,3)18-24(32)26(22)27(31)19-13-15-20(16-14-19)28(34)35-4/h8-11,13-16,27,30H,5-7,12,17-18H2,1-4H3/t27-/m1/s1. The predicted molar refractivity (Wildman–Crippen MR) is 137 cm³/mol. The first-order chi connectivity index (χ1) is 16.8. The molecular weight excluding hydrogens is 440 g/mol. The number of carbonyl (C=O) groups excluding carboxylic acids is 3. The van der Waals surface area contributed by atoms with Crippen molar-refractivity contribution in [2.75, 3.05) is 17.3 Å². The van der Waals surface area contributed by atoms with Crippen LogP contribution in [-0.4, -0.2) is 24.8 Å². The highest BCUT2D eigenvalue weighted by molar-refractivity contribution is 6.06. The van der Waals surface area contributed by atoms with Crippen molar-refractivity contribution in [1.29, 1.82) is 0 Å². The second-order valence-corrected chi connectivity index (χ2v) is 10.2. The third-order valence-corrected chi connectivity index (χ3v) is 6.81. The topological polar surface area (TPSA) is 75.7 Å². The molecule has 1 heterocycles. The van der Waals surface area contributed by atoms with Crippen molar-refractivity contribution in [2.24, 2.45) is 5.41 Å². The number of carbonyl (C=O) groups is 3. The number of para-hydroxylation sites is 2. The smallest absolute Gasteiger partial charge is 0.337 e. The first-order valence-electron chi connectivity index (χ1n) is 12.4. The molecular formula is C29H34N2O4. The molecule has 4 rings (SSSR count). The number of unbranched alkanes of at least 4 members (excludes halogenated alkanes) is 2. The fraction of sp³-hybridized carbons (Fsp3) is 0.414. The van der Waals surface area contributed by atoms with Gasteiger partial charge in [-0.25, -0.2) is 4.79 Å². The van der Waals surface area contributed by atoms with Gasteiger partial charge in [0.25, 0.3) is 0 Å². The molecule has 0 saturated heterocycles. The Morgan fingerprint density at radius 1 is 1.06 bits per heavy atom. The first kappa shape index (κ1) is 24.7. The number of Topliss-reactive ketones (excluding diaryl/α,β-unsaturated/α-hetero) is 1. The molecule has 2 aromatic rings. The molecule has 1 amide bonds. The molecule has 0 spiro atoms. The fourth-order valence-corrected chi connectivity index (χ4v) is 5.14. The van der Waals surface area contributed by atoms with Crippen LogP contribution in [0.25, 0.3) is 0 Å². The van der Waals surface area contributed by atoms with Crippen LogP contribution in [0, 0.1) is 5.41 Å². The van der Waals surface area contributed by atoms with Gasteiger partial charge in [-0.05, 0) is 48.1 Å². The molecule has 0 fully saturated rings. The highest BCUT2D eigenvalue weighted by Gasteiger charge is 2.43. The van der Waals surface area contributed by atoms with E-state index in [9.17, 15) is 14.4 Å².